The molecule has 2 aromatic heterocycles. The summed E-state index contributed by atoms with van der Waals surface area (Å²) < 4.78 is 7.51. The van der Waals surface area contributed by atoms with Gasteiger partial charge in [0.2, 0.25) is 5.89 Å². The second-order valence-corrected chi connectivity index (χ2v) is 7.29. The van der Waals surface area contributed by atoms with Gasteiger partial charge in [-0.1, -0.05) is 17.7 Å². The highest BCUT2D eigenvalue weighted by Crippen LogP contribution is 2.26. The minimum absolute atomic E-state index is 0.493. The summed E-state index contributed by atoms with van der Waals surface area (Å²) in [5.74, 6) is 2.03. The third kappa shape index (κ3) is 3.93. The van der Waals surface area contributed by atoms with Gasteiger partial charge in [0.1, 0.15) is 6.26 Å². The first kappa shape index (κ1) is 18.3. The Morgan fingerprint density at radius 1 is 1.32 bits per heavy atom. The Balaban J connectivity index is 1.35. The number of aliphatic imine (C=N–C) groups is 1. The number of likely N-dealkylation sites (tertiary alicyclic amines) is 1. The lowest BCUT2D eigenvalue weighted by atomic mass is 10.0. The Kier molecular flexibility index (Phi) is 5.14. The minimum atomic E-state index is 0.493. The number of nitrogens with zero attached hydrogens (tertiary/aromatic N) is 5. The molecule has 1 saturated heterocycles. The van der Waals surface area contributed by atoms with Gasteiger partial charge in [0.05, 0.1) is 18.4 Å². The average Bonchev–Trinajstić information content (AvgIpc) is 3.44. The molecule has 4 rings (SSSR count). The van der Waals surface area contributed by atoms with E-state index in [2.05, 4.69) is 50.5 Å². The van der Waals surface area contributed by atoms with Gasteiger partial charge in [-0.3, -0.25) is 9.67 Å². The molecule has 0 saturated carbocycles. The van der Waals surface area contributed by atoms with E-state index < -0.39 is 0 Å². The van der Waals surface area contributed by atoms with Gasteiger partial charge in [0.25, 0.3) is 0 Å². The lowest BCUT2D eigenvalue weighted by Gasteiger charge is -2.21. The first-order chi connectivity index (χ1) is 13.6. The van der Waals surface area contributed by atoms with Crippen LogP contribution in [0.25, 0.3) is 11.5 Å². The van der Waals surface area contributed by atoms with Gasteiger partial charge in [-0.25, -0.2) is 4.98 Å². The van der Waals surface area contributed by atoms with Crippen LogP contribution in [0.1, 0.15) is 29.2 Å². The molecule has 1 aliphatic rings. The summed E-state index contributed by atoms with van der Waals surface area (Å²) in [7, 11) is 3.78. The Hall–Kier alpha value is -3.09. The molecule has 7 heteroatoms. The van der Waals surface area contributed by atoms with Gasteiger partial charge in [0, 0.05) is 44.9 Å². The van der Waals surface area contributed by atoms with Crippen molar-refractivity contribution in [2.45, 2.75) is 25.8 Å². The topological polar surface area (TPSA) is 71.5 Å². The molecule has 1 aromatic carbocycles. The summed E-state index contributed by atoms with van der Waals surface area (Å²) in [4.78, 5) is 11.3. The number of nitrogens with one attached hydrogen (secondary N) is 1. The van der Waals surface area contributed by atoms with Gasteiger partial charge < -0.3 is 14.6 Å². The molecule has 1 atom stereocenters. The van der Waals surface area contributed by atoms with Crippen molar-refractivity contribution >= 4 is 5.96 Å². The van der Waals surface area contributed by atoms with Crippen LogP contribution in [0, 0.1) is 6.92 Å². The lowest BCUT2D eigenvalue weighted by Crippen LogP contribution is -2.39. The van der Waals surface area contributed by atoms with Gasteiger partial charge in [0.15, 0.2) is 5.96 Å². The number of rotatable bonds is 4. The minimum Gasteiger partial charge on any atom is -0.444 e. The molecule has 3 heterocycles. The fraction of sp³-hybridized carbons (Fsp3) is 0.381. The van der Waals surface area contributed by atoms with Crippen molar-refractivity contribution in [3.63, 3.8) is 0 Å². The Morgan fingerprint density at radius 2 is 2.14 bits per heavy atom. The third-order valence-corrected chi connectivity index (χ3v) is 5.17. The molecule has 0 amide bonds. The molecule has 1 unspecified atom stereocenters. The van der Waals surface area contributed by atoms with E-state index in [0.29, 0.717) is 18.4 Å². The maximum atomic E-state index is 5.65. The number of aryl methyl sites for hydroxylation is 2. The molecule has 28 heavy (non-hydrogen) atoms. The fourth-order valence-electron chi connectivity index (χ4n) is 3.59. The number of guanidine groups is 1. The van der Waals surface area contributed by atoms with E-state index in [9.17, 15) is 0 Å². The number of hydrogen-bond acceptors (Lipinski definition) is 4. The predicted octanol–water partition coefficient (Wildman–Crippen LogP) is 2.95. The highest BCUT2D eigenvalue weighted by Gasteiger charge is 2.27. The van der Waals surface area contributed by atoms with Crippen LogP contribution in [0.5, 0.6) is 0 Å². The molecule has 7 nitrogen and oxygen atoms in total. The number of benzene rings is 1. The normalized spacial score (nSPS) is 17.3. The third-order valence-electron chi connectivity index (χ3n) is 5.17. The molecule has 1 fully saturated rings. The second-order valence-electron chi connectivity index (χ2n) is 7.29. The number of hydrogen-bond donors (Lipinski definition) is 1. The monoisotopic (exact) mass is 378 g/mol. The molecular weight excluding hydrogens is 352 g/mol. The molecule has 0 spiro atoms. The molecule has 0 radical (unpaired) electrons. The van der Waals surface area contributed by atoms with E-state index >= 15 is 0 Å². The summed E-state index contributed by atoms with van der Waals surface area (Å²) >= 11 is 0. The van der Waals surface area contributed by atoms with E-state index in [-0.39, 0.29) is 0 Å². The fourth-order valence-corrected chi connectivity index (χ4v) is 3.59. The summed E-state index contributed by atoms with van der Waals surface area (Å²) in [6.45, 7) is 4.57. The Labute approximate surface area is 165 Å². The molecule has 1 N–H and O–H groups in total. The summed E-state index contributed by atoms with van der Waals surface area (Å²) in [5.41, 5.74) is 4.36. The standard InChI is InChI=1S/C21H26N6O/c1-15-4-6-16(7-5-15)20-25-19(14-28-20)11-23-21(22-2)27-9-8-17(13-27)18-10-24-26(3)12-18/h4-7,10,12,14,17H,8-9,11,13H2,1-3H3,(H,22,23). The van der Waals surface area contributed by atoms with Crippen molar-refractivity contribution in [1.29, 1.82) is 0 Å². The first-order valence-corrected chi connectivity index (χ1v) is 9.58. The van der Waals surface area contributed by atoms with Gasteiger partial charge >= 0.3 is 0 Å². The summed E-state index contributed by atoms with van der Waals surface area (Å²) in [5, 5.41) is 7.70. The average molecular weight is 378 g/mol. The Bertz CT molecular complexity index is 955. The van der Waals surface area contributed by atoms with Crippen molar-refractivity contribution in [3.05, 3.63) is 59.7 Å². The maximum Gasteiger partial charge on any atom is 0.226 e. The van der Waals surface area contributed by atoms with Gasteiger partial charge in [-0.05, 0) is 31.0 Å². The van der Waals surface area contributed by atoms with Crippen LogP contribution >= 0.6 is 0 Å². The largest absolute Gasteiger partial charge is 0.444 e. The second kappa shape index (κ2) is 7.88. The van der Waals surface area contributed by atoms with E-state index in [4.69, 9.17) is 4.42 Å². The van der Waals surface area contributed by atoms with Crippen molar-refractivity contribution in [2.75, 3.05) is 20.1 Å². The molecular formula is C21H26N6O. The van der Waals surface area contributed by atoms with Crippen LogP contribution in [0.2, 0.25) is 0 Å². The quantitative estimate of drug-likeness (QED) is 0.558. The van der Waals surface area contributed by atoms with Crippen LogP contribution in [0.4, 0.5) is 0 Å². The highest BCUT2D eigenvalue weighted by molar-refractivity contribution is 5.80. The lowest BCUT2D eigenvalue weighted by molar-refractivity contribution is 0.485. The SMILES string of the molecule is CN=C(NCc1coc(-c2ccc(C)cc2)n1)N1CCC(c2cnn(C)c2)C1. The van der Waals surface area contributed by atoms with E-state index in [1.807, 2.05) is 37.1 Å². The van der Waals surface area contributed by atoms with E-state index in [1.165, 1.54) is 11.1 Å². The first-order valence-electron chi connectivity index (χ1n) is 9.58. The highest BCUT2D eigenvalue weighted by atomic mass is 16.3. The molecule has 1 aliphatic heterocycles. The van der Waals surface area contributed by atoms with Crippen molar-refractivity contribution in [3.8, 4) is 11.5 Å². The smallest absolute Gasteiger partial charge is 0.226 e. The zero-order valence-corrected chi connectivity index (χ0v) is 16.6. The van der Waals surface area contributed by atoms with Crippen LogP contribution in [-0.4, -0.2) is 45.8 Å². The maximum absolute atomic E-state index is 5.65. The van der Waals surface area contributed by atoms with Crippen LogP contribution < -0.4 is 5.32 Å². The summed E-state index contributed by atoms with van der Waals surface area (Å²) in [6.07, 6.45) is 6.88. The zero-order chi connectivity index (χ0) is 19.5. The predicted molar refractivity (Wildman–Crippen MR) is 109 cm³/mol. The van der Waals surface area contributed by atoms with E-state index in [0.717, 1.165) is 36.7 Å². The molecule has 3 aromatic rings. The molecule has 0 aliphatic carbocycles. The van der Waals surface area contributed by atoms with Gasteiger partial charge in [-0.15, -0.1) is 0 Å². The van der Waals surface area contributed by atoms with E-state index in [1.54, 1.807) is 6.26 Å². The van der Waals surface area contributed by atoms with Crippen LogP contribution in [0.3, 0.4) is 0 Å². The summed E-state index contributed by atoms with van der Waals surface area (Å²) in [6, 6.07) is 8.18. The molecule has 0 bridgehead atoms. The number of oxazole rings is 1. The molecule has 146 valence electrons. The van der Waals surface area contributed by atoms with Crippen molar-refractivity contribution < 1.29 is 4.42 Å². The number of aromatic nitrogens is 3. The zero-order valence-electron chi connectivity index (χ0n) is 16.6. The van der Waals surface area contributed by atoms with Crippen LogP contribution in [-0.2, 0) is 13.6 Å². The Morgan fingerprint density at radius 3 is 2.86 bits per heavy atom. The van der Waals surface area contributed by atoms with Gasteiger partial charge in [-0.2, -0.15) is 5.10 Å². The van der Waals surface area contributed by atoms with Crippen molar-refractivity contribution in [2.24, 2.45) is 12.0 Å². The van der Waals surface area contributed by atoms with Crippen molar-refractivity contribution in [1.82, 2.24) is 25.0 Å². The van der Waals surface area contributed by atoms with Crippen LogP contribution in [0.15, 0.2) is 52.3 Å².